The van der Waals surface area contributed by atoms with E-state index in [1.165, 1.54) is 0 Å². The molecule has 2 aliphatic rings. The zero-order valence-corrected chi connectivity index (χ0v) is 10.5. The summed E-state index contributed by atoms with van der Waals surface area (Å²) in [7, 11) is 0. The van der Waals surface area contributed by atoms with E-state index >= 15 is 0 Å². The van der Waals surface area contributed by atoms with E-state index in [1.54, 1.807) is 4.68 Å². The molecule has 2 saturated heterocycles. The van der Waals surface area contributed by atoms with Crippen molar-refractivity contribution in [3.8, 4) is 0 Å². The second-order valence-corrected chi connectivity index (χ2v) is 5.13. The number of carbonyl (C=O) groups is 1. The normalized spacial score (nSPS) is 29.7. The fourth-order valence-electron chi connectivity index (χ4n) is 2.84. The lowest BCUT2D eigenvalue weighted by atomic mass is 9.88. The maximum absolute atomic E-state index is 12.0. The lowest BCUT2D eigenvalue weighted by Gasteiger charge is -2.17. The Morgan fingerprint density at radius 3 is 3.11 bits per heavy atom. The molecular formula is C12H18N4O2. The van der Waals surface area contributed by atoms with Gasteiger partial charge in [0, 0.05) is 12.7 Å². The van der Waals surface area contributed by atoms with Crippen molar-refractivity contribution in [3.05, 3.63) is 11.9 Å². The Balaban J connectivity index is 1.44. The molecule has 0 radical (unpaired) electrons. The number of aromatic nitrogens is 3. The van der Waals surface area contributed by atoms with Gasteiger partial charge in [0.15, 0.2) is 0 Å². The Labute approximate surface area is 106 Å². The molecule has 3 heterocycles. The molecule has 0 aliphatic carbocycles. The molecule has 3 rings (SSSR count). The van der Waals surface area contributed by atoms with Crippen LogP contribution in [0.1, 0.15) is 25.0 Å². The van der Waals surface area contributed by atoms with Gasteiger partial charge in [-0.15, -0.1) is 5.10 Å². The van der Waals surface area contributed by atoms with Gasteiger partial charge in [-0.1, -0.05) is 5.21 Å². The van der Waals surface area contributed by atoms with Gasteiger partial charge in [0.05, 0.1) is 30.4 Å². The molecule has 0 spiro atoms. The number of nitrogens with one attached hydrogen (secondary N) is 1. The zero-order valence-electron chi connectivity index (χ0n) is 10.5. The van der Waals surface area contributed by atoms with Crippen LogP contribution in [0.2, 0.25) is 0 Å². The summed E-state index contributed by atoms with van der Waals surface area (Å²) in [5, 5.41) is 10.8. The molecule has 0 saturated carbocycles. The van der Waals surface area contributed by atoms with Crippen LogP contribution in [0.5, 0.6) is 0 Å². The number of carbonyl (C=O) groups excluding carboxylic acids is 1. The summed E-state index contributed by atoms with van der Waals surface area (Å²) in [6.07, 6.45) is 5.39. The van der Waals surface area contributed by atoms with Crippen LogP contribution in [0.15, 0.2) is 6.20 Å². The van der Waals surface area contributed by atoms with Crippen LogP contribution in [-0.2, 0) is 16.1 Å². The largest absolute Gasteiger partial charge is 0.374 e. The molecule has 18 heavy (non-hydrogen) atoms. The van der Waals surface area contributed by atoms with Gasteiger partial charge in [0.1, 0.15) is 0 Å². The Morgan fingerprint density at radius 2 is 2.50 bits per heavy atom. The van der Waals surface area contributed by atoms with E-state index in [9.17, 15) is 4.79 Å². The molecule has 98 valence electrons. The standard InChI is InChI=1S/C12H18N4O2/c1-8-7-16(15-14-8)5-4-13-12(17)10-6-9-2-3-11(10)18-9/h7,9-11H,2-6H2,1H3,(H,13,17)/t9-,10+,11+/m0/s1. The van der Waals surface area contributed by atoms with E-state index in [-0.39, 0.29) is 17.9 Å². The Bertz CT molecular complexity index is 445. The highest BCUT2D eigenvalue weighted by Crippen LogP contribution is 2.38. The highest BCUT2D eigenvalue weighted by atomic mass is 16.5. The van der Waals surface area contributed by atoms with E-state index in [0.717, 1.165) is 25.0 Å². The minimum absolute atomic E-state index is 0.0567. The number of hydrogen-bond acceptors (Lipinski definition) is 4. The molecule has 3 atom stereocenters. The van der Waals surface area contributed by atoms with Crippen LogP contribution >= 0.6 is 0 Å². The lowest BCUT2D eigenvalue weighted by Crippen LogP contribution is -2.37. The third-order valence-electron chi connectivity index (χ3n) is 3.74. The molecule has 6 heteroatoms. The summed E-state index contributed by atoms with van der Waals surface area (Å²) in [5.74, 6) is 0.181. The van der Waals surface area contributed by atoms with Crippen LogP contribution in [0.3, 0.4) is 0 Å². The van der Waals surface area contributed by atoms with Crippen molar-refractivity contribution in [2.45, 2.75) is 44.9 Å². The first-order valence-corrected chi connectivity index (χ1v) is 6.52. The highest BCUT2D eigenvalue weighted by molar-refractivity contribution is 5.79. The predicted molar refractivity (Wildman–Crippen MR) is 63.8 cm³/mol. The van der Waals surface area contributed by atoms with Crippen LogP contribution < -0.4 is 5.32 Å². The van der Waals surface area contributed by atoms with Crippen LogP contribution in [0.25, 0.3) is 0 Å². The number of nitrogens with zero attached hydrogens (tertiary/aromatic N) is 3. The number of ether oxygens (including phenoxy) is 1. The average molecular weight is 250 g/mol. The summed E-state index contributed by atoms with van der Waals surface area (Å²) in [4.78, 5) is 12.0. The summed E-state index contributed by atoms with van der Waals surface area (Å²) >= 11 is 0. The Morgan fingerprint density at radius 1 is 1.61 bits per heavy atom. The van der Waals surface area contributed by atoms with Gasteiger partial charge in [-0.2, -0.15) is 0 Å². The zero-order chi connectivity index (χ0) is 12.5. The first kappa shape index (κ1) is 11.6. The molecule has 1 aromatic rings. The van der Waals surface area contributed by atoms with Crippen molar-refractivity contribution in [3.63, 3.8) is 0 Å². The van der Waals surface area contributed by atoms with Crippen LogP contribution in [-0.4, -0.2) is 39.7 Å². The number of amides is 1. The monoisotopic (exact) mass is 250 g/mol. The quantitative estimate of drug-likeness (QED) is 0.833. The van der Waals surface area contributed by atoms with E-state index in [0.29, 0.717) is 19.2 Å². The molecule has 2 bridgehead atoms. The van der Waals surface area contributed by atoms with Crippen molar-refractivity contribution in [2.75, 3.05) is 6.54 Å². The Kier molecular flexibility index (Phi) is 3.03. The minimum atomic E-state index is 0.0567. The van der Waals surface area contributed by atoms with Gasteiger partial charge in [-0.25, -0.2) is 0 Å². The van der Waals surface area contributed by atoms with Gasteiger partial charge < -0.3 is 10.1 Å². The maximum atomic E-state index is 12.0. The molecule has 1 aromatic heterocycles. The molecule has 1 N–H and O–H groups in total. The van der Waals surface area contributed by atoms with Crippen molar-refractivity contribution < 1.29 is 9.53 Å². The minimum Gasteiger partial charge on any atom is -0.374 e. The van der Waals surface area contributed by atoms with Gasteiger partial charge in [0.2, 0.25) is 5.91 Å². The molecule has 2 aliphatic heterocycles. The average Bonchev–Trinajstić information content (AvgIpc) is 3.05. The second-order valence-electron chi connectivity index (χ2n) is 5.13. The fourth-order valence-corrected chi connectivity index (χ4v) is 2.84. The summed E-state index contributed by atoms with van der Waals surface area (Å²) in [6.45, 7) is 3.15. The third kappa shape index (κ3) is 2.25. The predicted octanol–water partition coefficient (Wildman–Crippen LogP) is 0.270. The third-order valence-corrected chi connectivity index (χ3v) is 3.74. The van der Waals surface area contributed by atoms with E-state index in [2.05, 4.69) is 15.6 Å². The smallest absolute Gasteiger partial charge is 0.225 e. The first-order chi connectivity index (χ1) is 8.72. The first-order valence-electron chi connectivity index (χ1n) is 6.52. The molecular weight excluding hydrogens is 232 g/mol. The van der Waals surface area contributed by atoms with Gasteiger partial charge in [0.25, 0.3) is 0 Å². The summed E-state index contributed by atoms with van der Waals surface area (Å²) in [5.41, 5.74) is 0.892. The molecule has 1 amide bonds. The number of fused-ring (bicyclic) bond motifs is 2. The topological polar surface area (TPSA) is 69.0 Å². The van der Waals surface area contributed by atoms with Crippen molar-refractivity contribution in [2.24, 2.45) is 5.92 Å². The Hall–Kier alpha value is -1.43. The maximum Gasteiger partial charge on any atom is 0.225 e. The highest BCUT2D eigenvalue weighted by Gasteiger charge is 2.44. The SMILES string of the molecule is Cc1cn(CCNC(=O)[C@@H]2C[C@@H]3CC[C@H]2O3)nn1. The van der Waals surface area contributed by atoms with Crippen molar-refractivity contribution >= 4 is 5.91 Å². The molecule has 0 unspecified atom stereocenters. The van der Waals surface area contributed by atoms with E-state index in [4.69, 9.17) is 4.74 Å². The van der Waals surface area contributed by atoms with Crippen LogP contribution in [0.4, 0.5) is 0 Å². The van der Waals surface area contributed by atoms with Gasteiger partial charge >= 0.3 is 0 Å². The number of rotatable bonds is 4. The van der Waals surface area contributed by atoms with Gasteiger partial charge in [-0.3, -0.25) is 9.48 Å². The lowest BCUT2D eigenvalue weighted by molar-refractivity contribution is -0.126. The second kappa shape index (κ2) is 4.68. The number of aryl methyl sites for hydroxylation is 1. The summed E-state index contributed by atoms with van der Waals surface area (Å²) < 4.78 is 7.43. The summed E-state index contributed by atoms with van der Waals surface area (Å²) in [6, 6.07) is 0. The molecule has 6 nitrogen and oxygen atoms in total. The van der Waals surface area contributed by atoms with Crippen molar-refractivity contribution in [1.29, 1.82) is 0 Å². The fraction of sp³-hybridized carbons (Fsp3) is 0.750. The molecule has 2 fully saturated rings. The van der Waals surface area contributed by atoms with Crippen LogP contribution in [0, 0.1) is 12.8 Å². The molecule has 0 aromatic carbocycles. The van der Waals surface area contributed by atoms with E-state index < -0.39 is 0 Å². The van der Waals surface area contributed by atoms with Crippen molar-refractivity contribution in [1.82, 2.24) is 20.3 Å². The number of hydrogen-bond donors (Lipinski definition) is 1. The van der Waals surface area contributed by atoms with E-state index in [1.807, 2.05) is 13.1 Å². The van der Waals surface area contributed by atoms with Gasteiger partial charge in [-0.05, 0) is 26.2 Å².